The van der Waals surface area contributed by atoms with Crippen LogP contribution in [0.3, 0.4) is 0 Å². The molecule has 0 atom stereocenters. The van der Waals surface area contributed by atoms with E-state index >= 15 is 0 Å². The Morgan fingerprint density at radius 2 is 1.57 bits per heavy atom. The Hall–Kier alpha value is -3.26. The monoisotopic (exact) mass is 550 g/mol. The second kappa shape index (κ2) is 11.9. The number of thioether (sulfide) groups is 1. The van der Waals surface area contributed by atoms with Crippen LogP contribution < -0.4 is 9.62 Å². The second-order valence-electron chi connectivity index (χ2n) is 8.60. The van der Waals surface area contributed by atoms with Crippen LogP contribution in [-0.4, -0.2) is 20.9 Å². The zero-order chi connectivity index (χ0) is 26.4. The first-order chi connectivity index (χ1) is 17.7. The Kier molecular flexibility index (Phi) is 8.59. The maximum Gasteiger partial charge on any atom is 0.264 e. The van der Waals surface area contributed by atoms with Crippen LogP contribution in [0.4, 0.5) is 11.4 Å². The third-order valence-corrected chi connectivity index (χ3v) is 8.81. The Morgan fingerprint density at radius 1 is 0.892 bits per heavy atom. The van der Waals surface area contributed by atoms with Gasteiger partial charge in [-0.1, -0.05) is 65.7 Å². The van der Waals surface area contributed by atoms with Gasteiger partial charge in [0.2, 0.25) is 5.91 Å². The van der Waals surface area contributed by atoms with Gasteiger partial charge in [-0.2, -0.15) is 0 Å². The van der Waals surface area contributed by atoms with Crippen molar-refractivity contribution in [2.24, 2.45) is 0 Å². The Labute approximate surface area is 227 Å². The predicted octanol–water partition coefficient (Wildman–Crippen LogP) is 7.08. The SMILES string of the molecule is Cc1ccc(S(=O)(=O)N(CC(=O)Nc2ccc(CSc3ccccc3)cc2)c2cc(Cl)ccc2C)cc1. The molecule has 4 aromatic carbocycles. The number of nitrogens with one attached hydrogen (secondary N) is 1. The molecule has 4 aromatic rings. The van der Waals surface area contributed by atoms with Crippen molar-refractivity contribution >= 4 is 50.7 Å². The lowest BCUT2D eigenvalue weighted by Crippen LogP contribution is -2.38. The Bertz CT molecular complexity index is 1470. The number of anilines is 2. The molecule has 0 aliphatic rings. The van der Waals surface area contributed by atoms with Crippen LogP contribution in [0.2, 0.25) is 5.02 Å². The summed E-state index contributed by atoms with van der Waals surface area (Å²) < 4.78 is 28.4. The molecule has 0 aliphatic heterocycles. The molecule has 190 valence electrons. The van der Waals surface area contributed by atoms with Gasteiger partial charge in [0.1, 0.15) is 6.54 Å². The zero-order valence-electron chi connectivity index (χ0n) is 20.5. The van der Waals surface area contributed by atoms with Crippen molar-refractivity contribution < 1.29 is 13.2 Å². The minimum atomic E-state index is -4.03. The molecular formula is C29H27ClN2O3S2. The number of hydrogen-bond acceptors (Lipinski definition) is 4. The first-order valence-corrected chi connectivity index (χ1v) is 14.4. The number of amides is 1. The average molecular weight is 551 g/mol. The van der Waals surface area contributed by atoms with E-state index in [2.05, 4.69) is 17.4 Å². The lowest BCUT2D eigenvalue weighted by atomic mass is 10.2. The third kappa shape index (κ3) is 6.95. The van der Waals surface area contributed by atoms with Crippen LogP contribution in [0, 0.1) is 13.8 Å². The molecule has 0 fully saturated rings. The first kappa shape index (κ1) is 26.8. The molecule has 0 saturated carbocycles. The summed E-state index contributed by atoms with van der Waals surface area (Å²) in [6, 6.07) is 29.2. The van der Waals surface area contributed by atoms with Crippen LogP contribution >= 0.6 is 23.4 Å². The summed E-state index contributed by atoms with van der Waals surface area (Å²) in [4.78, 5) is 14.4. The number of hydrogen-bond donors (Lipinski definition) is 1. The zero-order valence-corrected chi connectivity index (χ0v) is 22.9. The summed E-state index contributed by atoms with van der Waals surface area (Å²) in [5.74, 6) is 0.343. The van der Waals surface area contributed by atoms with E-state index in [0.29, 0.717) is 22.0 Å². The first-order valence-electron chi connectivity index (χ1n) is 11.6. The summed E-state index contributed by atoms with van der Waals surface area (Å²) in [5, 5.41) is 3.21. The largest absolute Gasteiger partial charge is 0.325 e. The summed E-state index contributed by atoms with van der Waals surface area (Å²) in [7, 11) is -4.03. The average Bonchev–Trinajstić information content (AvgIpc) is 2.89. The highest BCUT2D eigenvalue weighted by Crippen LogP contribution is 2.30. The normalized spacial score (nSPS) is 11.2. The summed E-state index contributed by atoms with van der Waals surface area (Å²) >= 11 is 7.93. The van der Waals surface area contributed by atoms with Crippen molar-refractivity contribution in [3.63, 3.8) is 0 Å². The molecule has 0 aliphatic carbocycles. The fourth-order valence-corrected chi connectivity index (χ4v) is 6.21. The molecule has 0 radical (unpaired) electrons. The Morgan fingerprint density at radius 3 is 2.24 bits per heavy atom. The van der Waals surface area contributed by atoms with Gasteiger partial charge in [0.15, 0.2) is 0 Å². The van der Waals surface area contributed by atoms with E-state index in [4.69, 9.17) is 11.6 Å². The van der Waals surface area contributed by atoms with E-state index in [-0.39, 0.29) is 4.90 Å². The van der Waals surface area contributed by atoms with Gasteiger partial charge in [-0.15, -0.1) is 11.8 Å². The van der Waals surface area contributed by atoms with Gasteiger partial charge in [0.25, 0.3) is 10.0 Å². The quantitative estimate of drug-likeness (QED) is 0.226. The van der Waals surface area contributed by atoms with Crippen LogP contribution in [0.1, 0.15) is 16.7 Å². The van der Waals surface area contributed by atoms with E-state index < -0.39 is 22.5 Å². The maximum atomic E-state index is 13.6. The molecule has 0 unspecified atom stereocenters. The molecule has 5 nitrogen and oxygen atoms in total. The van der Waals surface area contributed by atoms with Crippen LogP contribution in [0.5, 0.6) is 0 Å². The van der Waals surface area contributed by atoms with Crippen molar-refractivity contribution in [2.75, 3.05) is 16.2 Å². The highest BCUT2D eigenvalue weighted by molar-refractivity contribution is 7.98. The summed E-state index contributed by atoms with van der Waals surface area (Å²) in [6.07, 6.45) is 0. The number of nitrogens with zero attached hydrogens (tertiary/aromatic N) is 1. The van der Waals surface area contributed by atoms with E-state index in [1.165, 1.54) is 4.90 Å². The predicted molar refractivity (Wildman–Crippen MR) is 153 cm³/mol. The second-order valence-corrected chi connectivity index (χ2v) is 11.9. The molecule has 0 bridgehead atoms. The molecule has 8 heteroatoms. The molecule has 0 saturated heterocycles. The number of rotatable bonds is 9. The van der Waals surface area contributed by atoms with E-state index in [1.54, 1.807) is 61.2 Å². The molecule has 1 amide bonds. The van der Waals surface area contributed by atoms with Crippen LogP contribution in [0.25, 0.3) is 0 Å². The highest BCUT2D eigenvalue weighted by atomic mass is 35.5. The van der Waals surface area contributed by atoms with E-state index in [1.807, 2.05) is 49.4 Å². The minimum absolute atomic E-state index is 0.102. The summed E-state index contributed by atoms with van der Waals surface area (Å²) in [6.45, 7) is 3.27. The van der Waals surface area contributed by atoms with Gasteiger partial charge in [-0.3, -0.25) is 9.10 Å². The fraction of sp³-hybridized carbons (Fsp3) is 0.138. The smallest absolute Gasteiger partial charge is 0.264 e. The van der Waals surface area contributed by atoms with Gasteiger partial charge in [0.05, 0.1) is 10.6 Å². The maximum absolute atomic E-state index is 13.6. The van der Waals surface area contributed by atoms with Gasteiger partial charge in [0, 0.05) is 21.4 Å². The third-order valence-electron chi connectivity index (χ3n) is 5.72. The number of sulfonamides is 1. The number of benzene rings is 4. The highest BCUT2D eigenvalue weighted by Gasteiger charge is 2.28. The van der Waals surface area contributed by atoms with Gasteiger partial charge >= 0.3 is 0 Å². The number of carbonyl (C=O) groups excluding carboxylic acids is 1. The van der Waals surface area contributed by atoms with Crippen molar-refractivity contribution in [1.82, 2.24) is 0 Å². The molecule has 0 spiro atoms. The van der Waals surface area contributed by atoms with Gasteiger partial charge < -0.3 is 5.32 Å². The molecule has 4 rings (SSSR count). The van der Waals surface area contributed by atoms with Crippen LogP contribution in [0.15, 0.2) is 107 Å². The molecule has 0 aromatic heterocycles. The molecule has 0 heterocycles. The standard InChI is InChI=1S/C29H27ClN2O3S2/c1-21-8-16-27(17-9-21)37(34,35)32(28-18-24(30)13-10-22(28)2)19-29(33)31-25-14-11-23(12-15-25)20-36-26-6-4-3-5-7-26/h3-18H,19-20H2,1-2H3,(H,31,33). The van der Waals surface area contributed by atoms with E-state index in [0.717, 1.165) is 21.2 Å². The lowest BCUT2D eigenvalue weighted by molar-refractivity contribution is -0.114. The van der Waals surface area contributed by atoms with Crippen molar-refractivity contribution in [2.45, 2.75) is 29.4 Å². The van der Waals surface area contributed by atoms with E-state index in [9.17, 15) is 13.2 Å². The Balaban J connectivity index is 1.52. The van der Waals surface area contributed by atoms with Crippen molar-refractivity contribution in [3.05, 3.63) is 119 Å². The number of aryl methyl sites for hydroxylation is 2. The fourth-order valence-electron chi connectivity index (χ4n) is 3.69. The van der Waals surface area contributed by atoms with Gasteiger partial charge in [-0.05, 0) is 73.5 Å². The van der Waals surface area contributed by atoms with Gasteiger partial charge in [-0.25, -0.2) is 8.42 Å². The summed E-state index contributed by atoms with van der Waals surface area (Å²) in [5.41, 5.74) is 3.69. The number of carbonyl (C=O) groups is 1. The van der Waals surface area contributed by atoms with Crippen molar-refractivity contribution in [3.8, 4) is 0 Å². The van der Waals surface area contributed by atoms with Crippen LogP contribution in [-0.2, 0) is 20.6 Å². The molecular weight excluding hydrogens is 524 g/mol. The molecule has 1 N–H and O–H groups in total. The topological polar surface area (TPSA) is 66.5 Å². The minimum Gasteiger partial charge on any atom is -0.325 e. The van der Waals surface area contributed by atoms with Crippen molar-refractivity contribution in [1.29, 1.82) is 0 Å². The lowest BCUT2D eigenvalue weighted by Gasteiger charge is -2.26. The number of halogens is 1. The molecule has 37 heavy (non-hydrogen) atoms.